The summed E-state index contributed by atoms with van der Waals surface area (Å²) in [7, 11) is 0. The summed E-state index contributed by atoms with van der Waals surface area (Å²) in [5.74, 6) is -1.72. The maximum Gasteiger partial charge on any atom is 0.217 e. The fourth-order valence-electron chi connectivity index (χ4n) is 9.91. The van der Waals surface area contributed by atoms with Crippen molar-refractivity contribution in [3.8, 4) is 0 Å². The number of hydrogen-bond acceptors (Lipinski definition) is 33. The Labute approximate surface area is 453 Å². The van der Waals surface area contributed by atoms with Gasteiger partial charge in [-0.25, -0.2) is 0 Å². The van der Waals surface area contributed by atoms with Gasteiger partial charge in [0.2, 0.25) is 18.2 Å². The van der Waals surface area contributed by atoms with Gasteiger partial charge in [0.15, 0.2) is 37.7 Å². The first-order chi connectivity index (χ1) is 38.0. The number of nitrogens with one attached hydrogen (secondary N) is 3. The van der Waals surface area contributed by atoms with Gasteiger partial charge >= 0.3 is 0 Å². The second-order valence-electron chi connectivity index (χ2n) is 19.7. The quantitative estimate of drug-likeness (QED) is 0.0399. The summed E-state index contributed by atoms with van der Waals surface area (Å²) in [6.45, 7) is -4.95. The van der Waals surface area contributed by atoms with Crippen molar-refractivity contribution in [2.75, 3.05) is 52.9 Å². The van der Waals surface area contributed by atoms with Crippen LogP contribution in [0.25, 0.3) is 0 Å². The number of ether oxygens (including phenoxy) is 12. The van der Waals surface area contributed by atoms with Crippen LogP contribution in [0.2, 0.25) is 0 Å². The topological polar surface area (TPSA) is 562 Å². The lowest BCUT2D eigenvalue weighted by atomic mass is 9.93. The van der Waals surface area contributed by atoms with Crippen molar-refractivity contribution < 1.29 is 163 Å². The molecule has 0 unspecified atom stereocenters. The average Bonchev–Trinajstić information content (AvgIpc) is 3.58. The van der Waals surface area contributed by atoms with Crippen LogP contribution in [0.1, 0.15) is 13.8 Å². The number of aliphatic hydroxyl groups is 18. The molecule has 6 heterocycles. The lowest BCUT2D eigenvalue weighted by Gasteiger charge is -2.51. The molecule has 36 nitrogen and oxygen atoms in total. The molecule has 6 rings (SSSR count). The second-order valence-corrected chi connectivity index (χ2v) is 19.7. The molecule has 0 aromatic carbocycles. The van der Waals surface area contributed by atoms with Crippen molar-refractivity contribution in [3.63, 3.8) is 0 Å². The van der Waals surface area contributed by atoms with Gasteiger partial charge in [-0.15, -0.1) is 0 Å². The van der Waals surface area contributed by atoms with E-state index in [2.05, 4.69) is 16.0 Å². The Balaban J connectivity index is 1.20. The first-order valence-corrected chi connectivity index (χ1v) is 25.3. The van der Waals surface area contributed by atoms with E-state index < -0.39 is 255 Å². The van der Waals surface area contributed by atoms with E-state index in [1.165, 1.54) is 0 Å². The number of aliphatic hydroxyl groups excluding tert-OH is 18. The highest BCUT2D eigenvalue weighted by atomic mass is 16.8. The highest BCUT2D eigenvalue weighted by Crippen LogP contribution is 2.37. The highest BCUT2D eigenvalue weighted by molar-refractivity contribution is 5.73. The van der Waals surface area contributed by atoms with E-state index in [9.17, 15) is 106 Å². The Hall–Kier alpha value is -2.79. The van der Waals surface area contributed by atoms with Gasteiger partial charge in [0.25, 0.3) is 0 Å². The predicted octanol–water partition coefficient (Wildman–Crippen LogP) is -14.7. The van der Waals surface area contributed by atoms with Crippen molar-refractivity contribution in [2.45, 2.75) is 204 Å². The molecule has 80 heavy (non-hydrogen) atoms. The average molecular weight is 1170 g/mol. The van der Waals surface area contributed by atoms with Crippen LogP contribution in [-0.2, 0) is 71.2 Å². The van der Waals surface area contributed by atoms with Gasteiger partial charge < -0.3 is 165 Å². The van der Waals surface area contributed by atoms with E-state index in [0.717, 1.165) is 13.8 Å². The van der Waals surface area contributed by atoms with Crippen LogP contribution in [-0.4, -0.2) is 353 Å². The number of carbonyl (C=O) groups is 3. The third-order valence-electron chi connectivity index (χ3n) is 14.2. The van der Waals surface area contributed by atoms with E-state index in [-0.39, 0.29) is 6.41 Å². The molecule has 36 heteroatoms. The summed E-state index contributed by atoms with van der Waals surface area (Å²) in [5.41, 5.74) is 0. The first-order valence-electron chi connectivity index (χ1n) is 25.3. The van der Waals surface area contributed by atoms with Crippen molar-refractivity contribution in [1.82, 2.24) is 16.0 Å². The molecule has 6 fully saturated rings. The molecule has 0 aromatic rings. The Morgan fingerprint density at radius 2 is 0.750 bits per heavy atom. The zero-order valence-electron chi connectivity index (χ0n) is 42.8. The number of amides is 3. The number of rotatable bonds is 24. The van der Waals surface area contributed by atoms with Crippen LogP contribution in [0.3, 0.4) is 0 Å². The lowest BCUT2D eigenvalue weighted by Crippen LogP contribution is -2.71. The predicted molar refractivity (Wildman–Crippen MR) is 246 cm³/mol. The molecule has 464 valence electrons. The minimum atomic E-state index is -2.26. The molecule has 6 saturated heterocycles. The minimum absolute atomic E-state index is 0.277. The largest absolute Gasteiger partial charge is 0.394 e. The monoisotopic (exact) mass is 1170 g/mol. The van der Waals surface area contributed by atoms with E-state index in [4.69, 9.17) is 56.8 Å². The van der Waals surface area contributed by atoms with Crippen LogP contribution in [0.15, 0.2) is 0 Å². The van der Waals surface area contributed by atoms with Crippen molar-refractivity contribution in [3.05, 3.63) is 0 Å². The zero-order chi connectivity index (χ0) is 59.0. The molecule has 6 aliphatic rings. The summed E-state index contributed by atoms with van der Waals surface area (Å²) in [6.07, 6.45) is -53.1. The summed E-state index contributed by atoms with van der Waals surface area (Å²) in [5, 5.41) is 200. The van der Waals surface area contributed by atoms with E-state index in [0.29, 0.717) is 0 Å². The van der Waals surface area contributed by atoms with E-state index in [1.54, 1.807) is 0 Å². The smallest absolute Gasteiger partial charge is 0.217 e. The van der Waals surface area contributed by atoms with Crippen molar-refractivity contribution >= 4 is 18.2 Å². The summed E-state index contributed by atoms with van der Waals surface area (Å²) in [4.78, 5) is 36.2. The molecule has 31 atom stereocenters. The Morgan fingerprint density at radius 1 is 0.400 bits per heavy atom. The van der Waals surface area contributed by atoms with Crippen LogP contribution < -0.4 is 16.0 Å². The molecule has 0 bridgehead atoms. The normalized spacial score (nSPS) is 46.8. The lowest BCUT2D eigenvalue weighted by molar-refractivity contribution is -0.385. The number of hydrogen-bond donors (Lipinski definition) is 21. The standard InChI is InChI=1S/C44H75N3O33/c1-12(56)46-21-26(61)34(77-42-30(65)27(62)23(58)15(4-49)71-42)18(7-52)73-39(21)80-38-25(60)17(6-51)72-44(33(38)68)79-37-22(47-13(2)57)40(70-16(5-50)24(37)59)76-35-20(9-54)75-43(32(67)29(35)64)78-36-19(8-53)74-41(31(66)28(36)63)69-10-14(3-48)45-11-55/h11,14-44,48-54,58-68H,3-10H2,1-2H3,(H,45,55)(H,46,56)(H,47,57)/t14-,15-,16-,17-,18-,19-,20-,21-,22-,23+,24+,25+,26-,27+,28-,29-,30-,31-,32-,33-,34+,35+,36-,37-,38+,39+,40+,41-,42+,43+,44+/m1/s1. The van der Waals surface area contributed by atoms with Gasteiger partial charge in [0, 0.05) is 13.8 Å². The Bertz CT molecular complexity index is 1920. The van der Waals surface area contributed by atoms with Gasteiger partial charge in [-0.3, -0.25) is 14.4 Å². The molecule has 0 saturated carbocycles. The SMILES string of the molecule is CC(=O)N[C@H]1[C@H](O[C@H]2[C@@H](O)[C@@H](CO)O[C@@H](O[C@H]3[C@@H](O)[C@@H](CO)O[C@@H](O[C@@H]4[C@H](O)[C@@H](O)[C@H](O[C@H]5[C@H](O)[C@@H](O)[C@H](OC[C@@H](CO)NC=O)O[C@@H]5CO)O[C@@H]4CO)[C@@H]3NC(C)=O)[C@@H]2O)O[C@H](CO)[C@H](O[C@@H]2O[C@H](CO)[C@H](O)[C@H](O)[C@H]2O)[C@@H]1O. The Morgan fingerprint density at radius 3 is 1.24 bits per heavy atom. The molecular formula is C44H75N3O33. The van der Waals surface area contributed by atoms with Gasteiger partial charge in [-0.2, -0.15) is 0 Å². The summed E-state index contributed by atoms with van der Waals surface area (Å²) < 4.78 is 68.9. The van der Waals surface area contributed by atoms with E-state index >= 15 is 0 Å². The van der Waals surface area contributed by atoms with Gasteiger partial charge in [-0.05, 0) is 0 Å². The van der Waals surface area contributed by atoms with Gasteiger partial charge in [-0.1, -0.05) is 0 Å². The zero-order valence-corrected chi connectivity index (χ0v) is 42.8. The molecule has 0 aromatic heterocycles. The molecule has 0 radical (unpaired) electrons. The molecule has 3 amide bonds. The summed E-state index contributed by atoms with van der Waals surface area (Å²) in [6, 6.07) is -4.52. The highest BCUT2D eigenvalue weighted by Gasteiger charge is 2.58. The van der Waals surface area contributed by atoms with Crippen LogP contribution in [0, 0.1) is 0 Å². The fraction of sp³-hybridized carbons (Fsp3) is 0.932. The van der Waals surface area contributed by atoms with Crippen LogP contribution in [0.4, 0.5) is 0 Å². The maximum absolute atomic E-state index is 12.8. The third-order valence-corrected chi connectivity index (χ3v) is 14.2. The van der Waals surface area contributed by atoms with Crippen LogP contribution >= 0.6 is 0 Å². The molecule has 6 aliphatic heterocycles. The van der Waals surface area contributed by atoms with Crippen molar-refractivity contribution in [2.24, 2.45) is 0 Å². The Kier molecular flexibility index (Phi) is 24.7. The number of carbonyl (C=O) groups excluding carboxylic acids is 3. The minimum Gasteiger partial charge on any atom is -0.394 e. The molecule has 0 spiro atoms. The molecule has 0 aliphatic carbocycles. The third kappa shape index (κ3) is 14.8. The summed E-state index contributed by atoms with van der Waals surface area (Å²) >= 11 is 0. The van der Waals surface area contributed by atoms with Gasteiger partial charge in [0.05, 0.1) is 58.9 Å². The second kappa shape index (κ2) is 29.8. The molecule has 21 N–H and O–H groups in total. The molecular weight excluding hydrogens is 1100 g/mol. The fourth-order valence-corrected chi connectivity index (χ4v) is 9.91. The van der Waals surface area contributed by atoms with Crippen LogP contribution in [0.5, 0.6) is 0 Å². The van der Waals surface area contributed by atoms with Gasteiger partial charge in [0.1, 0.15) is 146 Å². The van der Waals surface area contributed by atoms with E-state index in [1.807, 2.05) is 0 Å². The first kappa shape index (κ1) is 66.4. The maximum atomic E-state index is 12.8. The van der Waals surface area contributed by atoms with Crippen molar-refractivity contribution in [1.29, 1.82) is 0 Å².